The lowest BCUT2D eigenvalue weighted by atomic mass is 10.0. The van der Waals surface area contributed by atoms with Crippen LogP contribution in [-0.2, 0) is 16.1 Å². The molecule has 0 saturated carbocycles. The average Bonchev–Trinajstić information content (AvgIpc) is 2.62. The van der Waals surface area contributed by atoms with Crippen molar-refractivity contribution >= 4 is 11.8 Å². The second kappa shape index (κ2) is 8.97. The fraction of sp³-hybridized carbons (Fsp3) is 0.300. The van der Waals surface area contributed by atoms with E-state index >= 15 is 0 Å². The maximum absolute atomic E-state index is 13.1. The highest BCUT2D eigenvalue weighted by Gasteiger charge is 2.29. The number of benzene rings is 2. The van der Waals surface area contributed by atoms with Crippen LogP contribution in [0.15, 0.2) is 54.6 Å². The van der Waals surface area contributed by atoms with E-state index in [4.69, 9.17) is 0 Å². The molecule has 5 heteroatoms. The minimum Gasteiger partial charge on any atom is -0.354 e. The van der Waals surface area contributed by atoms with Crippen molar-refractivity contribution in [2.75, 3.05) is 6.54 Å². The Morgan fingerprint density at radius 2 is 1.72 bits per heavy atom. The summed E-state index contributed by atoms with van der Waals surface area (Å²) in [5.41, 5.74) is 1.51. The Morgan fingerprint density at radius 1 is 1.08 bits per heavy atom. The fourth-order valence-corrected chi connectivity index (χ4v) is 2.62. The van der Waals surface area contributed by atoms with Crippen LogP contribution in [0.1, 0.15) is 37.4 Å². The Labute approximate surface area is 147 Å². The molecular formula is C20H23FN2O2. The van der Waals surface area contributed by atoms with Gasteiger partial charge in [-0.2, -0.15) is 0 Å². The molecule has 0 saturated heterocycles. The Morgan fingerprint density at radius 3 is 2.28 bits per heavy atom. The third-order valence-electron chi connectivity index (χ3n) is 3.90. The van der Waals surface area contributed by atoms with Crippen LogP contribution in [0.3, 0.4) is 0 Å². The first-order valence-electron chi connectivity index (χ1n) is 8.37. The van der Waals surface area contributed by atoms with Gasteiger partial charge in [-0.3, -0.25) is 9.59 Å². The number of halogens is 1. The van der Waals surface area contributed by atoms with Gasteiger partial charge in [0, 0.05) is 20.0 Å². The van der Waals surface area contributed by atoms with E-state index in [1.165, 1.54) is 24.0 Å². The quantitative estimate of drug-likeness (QED) is 0.838. The summed E-state index contributed by atoms with van der Waals surface area (Å²) in [4.78, 5) is 26.5. The second-order valence-corrected chi connectivity index (χ2v) is 5.88. The summed E-state index contributed by atoms with van der Waals surface area (Å²) in [5.74, 6) is -0.770. The molecule has 0 bridgehead atoms. The van der Waals surface area contributed by atoms with Crippen LogP contribution in [0.4, 0.5) is 4.39 Å². The minimum absolute atomic E-state index is 0.217. The highest BCUT2D eigenvalue weighted by Crippen LogP contribution is 2.24. The third-order valence-corrected chi connectivity index (χ3v) is 3.90. The van der Waals surface area contributed by atoms with Crippen molar-refractivity contribution in [2.24, 2.45) is 0 Å². The largest absolute Gasteiger partial charge is 0.354 e. The van der Waals surface area contributed by atoms with Crippen molar-refractivity contribution in [1.29, 1.82) is 0 Å². The van der Waals surface area contributed by atoms with E-state index in [-0.39, 0.29) is 24.2 Å². The Bertz CT molecular complexity index is 701. The number of nitrogens with zero attached hydrogens (tertiary/aromatic N) is 1. The molecular weight excluding hydrogens is 319 g/mol. The van der Waals surface area contributed by atoms with Gasteiger partial charge in [0.1, 0.15) is 11.9 Å². The molecule has 1 atom stereocenters. The van der Waals surface area contributed by atoms with Crippen LogP contribution in [0, 0.1) is 5.82 Å². The van der Waals surface area contributed by atoms with Crippen LogP contribution in [0.25, 0.3) is 0 Å². The molecule has 0 heterocycles. The van der Waals surface area contributed by atoms with E-state index in [9.17, 15) is 14.0 Å². The lowest BCUT2D eigenvalue weighted by Gasteiger charge is -2.30. The second-order valence-electron chi connectivity index (χ2n) is 5.88. The molecule has 1 N–H and O–H groups in total. The molecule has 0 fully saturated rings. The van der Waals surface area contributed by atoms with Gasteiger partial charge in [-0.05, 0) is 29.7 Å². The van der Waals surface area contributed by atoms with Crippen LogP contribution < -0.4 is 5.32 Å². The normalized spacial score (nSPS) is 11.6. The van der Waals surface area contributed by atoms with E-state index in [2.05, 4.69) is 5.32 Å². The third kappa shape index (κ3) is 5.14. The lowest BCUT2D eigenvalue weighted by Crippen LogP contribution is -2.42. The Hall–Kier alpha value is -2.69. The number of nitrogens with one attached hydrogen (secondary N) is 1. The Balaban J connectivity index is 2.34. The number of carbonyl (C=O) groups excluding carboxylic acids is 2. The predicted molar refractivity (Wildman–Crippen MR) is 95.1 cm³/mol. The molecule has 0 radical (unpaired) electrons. The van der Waals surface area contributed by atoms with Gasteiger partial charge >= 0.3 is 0 Å². The fourth-order valence-electron chi connectivity index (χ4n) is 2.62. The summed E-state index contributed by atoms with van der Waals surface area (Å²) in [6, 6.07) is 14.4. The Kier molecular flexibility index (Phi) is 6.69. The molecule has 4 nitrogen and oxygen atoms in total. The molecule has 0 spiro atoms. The van der Waals surface area contributed by atoms with Gasteiger partial charge in [-0.1, -0.05) is 49.4 Å². The summed E-state index contributed by atoms with van der Waals surface area (Å²) in [6.45, 7) is 4.19. The molecule has 2 rings (SSSR count). The summed E-state index contributed by atoms with van der Waals surface area (Å²) < 4.78 is 13.1. The van der Waals surface area contributed by atoms with Crippen molar-refractivity contribution in [3.8, 4) is 0 Å². The van der Waals surface area contributed by atoms with Gasteiger partial charge < -0.3 is 10.2 Å². The zero-order valence-electron chi connectivity index (χ0n) is 14.5. The first-order valence-corrected chi connectivity index (χ1v) is 8.37. The first kappa shape index (κ1) is 18.6. The summed E-state index contributed by atoms with van der Waals surface area (Å²) in [6.07, 6.45) is 0.811. The van der Waals surface area contributed by atoms with Gasteiger partial charge in [-0.15, -0.1) is 0 Å². The van der Waals surface area contributed by atoms with Gasteiger partial charge in [0.05, 0.1) is 0 Å². The van der Waals surface area contributed by atoms with Gasteiger partial charge in [0.2, 0.25) is 11.8 Å². The molecule has 2 amide bonds. The zero-order chi connectivity index (χ0) is 18.2. The molecule has 2 aromatic rings. The zero-order valence-corrected chi connectivity index (χ0v) is 14.5. The van der Waals surface area contributed by atoms with Gasteiger partial charge in [0.15, 0.2) is 0 Å². The van der Waals surface area contributed by atoms with Crippen LogP contribution in [0.5, 0.6) is 0 Å². The molecule has 132 valence electrons. The number of hydrogen-bond donors (Lipinski definition) is 1. The molecule has 25 heavy (non-hydrogen) atoms. The number of carbonyl (C=O) groups is 2. The molecule has 0 aliphatic carbocycles. The van der Waals surface area contributed by atoms with Crippen molar-refractivity contribution in [1.82, 2.24) is 10.2 Å². The minimum atomic E-state index is -0.727. The monoisotopic (exact) mass is 342 g/mol. The van der Waals surface area contributed by atoms with Crippen molar-refractivity contribution in [3.05, 3.63) is 71.5 Å². The van der Waals surface area contributed by atoms with Crippen LogP contribution in [-0.4, -0.2) is 23.3 Å². The van der Waals surface area contributed by atoms with Crippen molar-refractivity contribution < 1.29 is 14.0 Å². The van der Waals surface area contributed by atoms with Crippen molar-refractivity contribution in [2.45, 2.75) is 32.9 Å². The van der Waals surface area contributed by atoms with E-state index in [0.717, 1.165) is 17.5 Å². The standard InChI is InChI=1S/C20H23FN2O2/c1-3-13-22-20(25)19(17-7-5-4-6-8-17)23(15(2)24)14-16-9-11-18(21)12-10-16/h4-12,19H,3,13-14H2,1-2H3,(H,22,25)/t19-/m0/s1. The number of amides is 2. The predicted octanol–water partition coefficient (Wildman–Crippen LogP) is 3.44. The van der Waals surface area contributed by atoms with Gasteiger partial charge in [-0.25, -0.2) is 4.39 Å². The summed E-state index contributed by atoms with van der Waals surface area (Å²) >= 11 is 0. The maximum atomic E-state index is 13.1. The maximum Gasteiger partial charge on any atom is 0.247 e. The molecule has 0 unspecified atom stereocenters. The molecule has 0 aliphatic rings. The number of rotatable bonds is 7. The highest BCUT2D eigenvalue weighted by molar-refractivity contribution is 5.88. The van der Waals surface area contributed by atoms with E-state index < -0.39 is 6.04 Å². The first-order chi connectivity index (χ1) is 12.0. The van der Waals surface area contributed by atoms with E-state index in [1.54, 1.807) is 12.1 Å². The summed E-state index contributed by atoms with van der Waals surface area (Å²) in [5, 5.41) is 2.87. The molecule has 2 aromatic carbocycles. The SMILES string of the molecule is CCCNC(=O)[C@H](c1ccccc1)N(Cc1ccc(F)cc1)C(C)=O. The highest BCUT2D eigenvalue weighted by atomic mass is 19.1. The average molecular weight is 342 g/mol. The van der Waals surface area contributed by atoms with Crippen LogP contribution >= 0.6 is 0 Å². The summed E-state index contributed by atoms with van der Waals surface area (Å²) in [7, 11) is 0. The van der Waals surface area contributed by atoms with E-state index in [1.807, 2.05) is 37.3 Å². The molecule has 0 aromatic heterocycles. The van der Waals surface area contributed by atoms with Crippen molar-refractivity contribution in [3.63, 3.8) is 0 Å². The smallest absolute Gasteiger partial charge is 0.247 e. The topological polar surface area (TPSA) is 49.4 Å². The van der Waals surface area contributed by atoms with Crippen LogP contribution in [0.2, 0.25) is 0 Å². The lowest BCUT2D eigenvalue weighted by molar-refractivity contribution is -0.140. The van der Waals surface area contributed by atoms with E-state index in [0.29, 0.717) is 6.54 Å². The number of hydrogen-bond acceptors (Lipinski definition) is 2. The molecule has 0 aliphatic heterocycles. The van der Waals surface area contributed by atoms with Gasteiger partial charge in [0.25, 0.3) is 0 Å².